The third-order valence-electron chi connectivity index (χ3n) is 3.45. The van der Waals surface area contributed by atoms with E-state index in [4.69, 9.17) is 11.0 Å². The molecule has 2 aromatic rings. The summed E-state index contributed by atoms with van der Waals surface area (Å²) >= 11 is 0. The van der Waals surface area contributed by atoms with Crippen LogP contribution in [-0.2, 0) is 0 Å². The van der Waals surface area contributed by atoms with Crippen molar-refractivity contribution in [2.45, 2.75) is 25.7 Å². The molecule has 0 bridgehead atoms. The number of nitrogen functional groups attached to an aromatic ring is 1. The topological polar surface area (TPSA) is 75.6 Å². The van der Waals surface area contributed by atoms with E-state index < -0.39 is 0 Å². The van der Waals surface area contributed by atoms with Gasteiger partial charge in [0.1, 0.15) is 17.6 Å². The van der Waals surface area contributed by atoms with Gasteiger partial charge in [0.15, 0.2) is 0 Å². The molecule has 0 radical (unpaired) electrons. The van der Waals surface area contributed by atoms with Gasteiger partial charge >= 0.3 is 0 Å². The van der Waals surface area contributed by atoms with Crippen LogP contribution in [0.4, 0.5) is 5.82 Å². The zero-order chi connectivity index (χ0) is 13.2. The van der Waals surface area contributed by atoms with Crippen LogP contribution < -0.4 is 5.73 Å². The fraction of sp³-hybridized carbons (Fsp3) is 0.267. The minimum Gasteiger partial charge on any atom is -0.384 e. The van der Waals surface area contributed by atoms with Crippen molar-refractivity contribution in [1.29, 1.82) is 5.26 Å². The summed E-state index contributed by atoms with van der Waals surface area (Å²) < 4.78 is 0. The van der Waals surface area contributed by atoms with Crippen LogP contribution >= 0.6 is 0 Å². The first-order valence-corrected chi connectivity index (χ1v) is 6.44. The third kappa shape index (κ3) is 2.15. The molecule has 4 heteroatoms. The number of nitrogens with zero attached hydrogens (tertiary/aromatic N) is 3. The van der Waals surface area contributed by atoms with Gasteiger partial charge in [-0.15, -0.1) is 0 Å². The second-order valence-electron chi connectivity index (χ2n) is 4.77. The van der Waals surface area contributed by atoms with Crippen molar-refractivity contribution in [3.05, 3.63) is 35.8 Å². The SMILES string of the molecule is N#Cc1cc2cnc(N)cc2c(C2=CCCCC2)n1. The van der Waals surface area contributed by atoms with Crippen LogP contribution in [0, 0.1) is 11.3 Å². The lowest BCUT2D eigenvalue weighted by atomic mass is 9.94. The van der Waals surface area contributed by atoms with Crippen molar-refractivity contribution < 1.29 is 0 Å². The van der Waals surface area contributed by atoms with E-state index in [0.717, 1.165) is 29.3 Å². The Labute approximate surface area is 111 Å². The zero-order valence-electron chi connectivity index (χ0n) is 10.6. The van der Waals surface area contributed by atoms with Crippen molar-refractivity contribution in [2.75, 3.05) is 5.73 Å². The molecular weight excluding hydrogens is 236 g/mol. The molecule has 0 unspecified atom stereocenters. The van der Waals surface area contributed by atoms with Gasteiger partial charge < -0.3 is 5.73 Å². The van der Waals surface area contributed by atoms with Gasteiger partial charge in [0.25, 0.3) is 0 Å². The number of hydrogen-bond donors (Lipinski definition) is 1. The lowest BCUT2D eigenvalue weighted by Gasteiger charge is -2.14. The van der Waals surface area contributed by atoms with E-state index in [1.54, 1.807) is 12.3 Å². The van der Waals surface area contributed by atoms with E-state index in [0.29, 0.717) is 11.5 Å². The largest absolute Gasteiger partial charge is 0.384 e. The highest BCUT2D eigenvalue weighted by Crippen LogP contribution is 2.31. The molecule has 2 heterocycles. The van der Waals surface area contributed by atoms with Gasteiger partial charge in [0.2, 0.25) is 0 Å². The van der Waals surface area contributed by atoms with E-state index in [1.807, 2.05) is 6.07 Å². The third-order valence-corrected chi connectivity index (χ3v) is 3.45. The van der Waals surface area contributed by atoms with Crippen LogP contribution in [0.5, 0.6) is 0 Å². The van der Waals surface area contributed by atoms with Gasteiger partial charge in [-0.25, -0.2) is 9.97 Å². The maximum atomic E-state index is 9.10. The van der Waals surface area contributed by atoms with Crippen LogP contribution in [0.25, 0.3) is 16.3 Å². The monoisotopic (exact) mass is 250 g/mol. The molecule has 0 amide bonds. The highest BCUT2D eigenvalue weighted by atomic mass is 14.8. The van der Waals surface area contributed by atoms with E-state index in [9.17, 15) is 0 Å². The second kappa shape index (κ2) is 4.69. The van der Waals surface area contributed by atoms with E-state index >= 15 is 0 Å². The van der Waals surface area contributed by atoms with Crippen LogP contribution in [0.3, 0.4) is 0 Å². The molecule has 94 valence electrons. The molecule has 1 aliphatic rings. The molecule has 0 fully saturated rings. The first kappa shape index (κ1) is 11.7. The Morgan fingerprint density at radius 2 is 2.16 bits per heavy atom. The Morgan fingerprint density at radius 1 is 1.26 bits per heavy atom. The quantitative estimate of drug-likeness (QED) is 0.844. The number of aromatic nitrogens is 2. The molecule has 0 aliphatic heterocycles. The Bertz CT molecular complexity index is 710. The number of nitriles is 1. The number of rotatable bonds is 1. The molecule has 2 N–H and O–H groups in total. The van der Waals surface area contributed by atoms with Crippen molar-refractivity contribution in [2.24, 2.45) is 0 Å². The Morgan fingerprint density at radius 3 is 2.89 bits per heavy atom. The molecular formula is C15H14N4. The van der Waals surface area contributed by atoms with E-state index in [-0.39, 0.29) is 0 Å². The van der Waals surface area contributed by atoms with Crippen LogP contribution in [0.1, 0.15) is 37.1 Å². The number of hydrogen-bond acceptors (Lipinski definition) is 4. The number of fused-ring (bicyclic) bond motifs is 1. The molecule has 4 nitrogen and oxygen atoms in total. The Hall–Kier alpha value is -2.41. The number of nitrogens with two attached hydrogens (primary N) is 1. The fourth-order valence-corrected chi connectivity index (χ4v) is 2.52. The minimum absolute atomic E-state index is 0.431. The molecule has 19 heavy (non-hydrogen) atoms. The van der Waals surface area contributed by atoms with Gasteiger partial charge in [-0.1, -0.05) is 6.08 Å². The van der Waals surface area contributed by atoms with Crippen LogP contribution in [-0.4, -0.2) is 9.97 Å². The van der Waals surface area contributed by atoms with Gasteiger partial charge in [0.05, 0.1) is 5.69 Å². The summed E-state index contributed by atoms with van der Waals surface area (Å²) in [6.07, 6.45) is 8.42. The summed E-state index contributed by atoms with van der Waals surface area (Å²) in [4.78, 5) is 8.56. The summed E-state index contributed by atoms with van der Waals surface area (Å²) in [6, 6.07) is 5.72. The van der Waals surface area contributed by atoms with Crippen molar-refractivity contribution >= 4 is 22.2 Å². The minimum atomic E-state index is 0.431. The normalized spacial score (nSPS) is 15.0. The summed E-state index contributed by atoms with van der Waals surface area (Å²) in [5.41, 5.74) is 8.31. The molecule has 0 atom stereocenters. The fourth-order valence-electron chi connectivity index (χ4n) is 2.52. The molecule has 1 aliphatic carbocycles. The summed E-state index contributed by atoms with van der Waals surface area (Å²) in [6.45, 7) is 0. The molecule has 0 spiro atoms. The van der Waals surface area contributed by atoms with Crippen molar-refractivity contribution in [3.63, 3.8) is 0 Å². The van der Waals surface area contributed by atoms with Gasteiger partial charge in [-0.05, 0) is 43.4 Å². The highest BCUT2D eigenvalue weighted by Gasteiger charge is 2.13. The lowest BCUT2D eigenvalue weighted by Crippen LogP contribution is -1.99. The number of allylic oxidation sites excluding steroid dienone is 2. The zero-order valence-corrected chi connectivity index (χ0v) is 10.6. The van der Waals surface area contributed by atoms with Gasteiger partial charge in [-0.2, -0.15) is 5.26 Å². The van der Waals surface area contributed by atoms with E-state index in [2.05, 4.69) is 22.1 Å². The molecule has 0 aromatic carbocycles. The average molecular weight is 250 g/mol. The first-order chi connectivity index (χ1) is 9.28. The highest BCUT2D eigenvalue weighted by molar-refractivity contribution is 5.93. The molecule has 0 saturated heterocycles. The Balaban J connectivity index is 2.28. The lowest BCUT2D eigenvalue weighted by molar-refractivity contribution is 0.740. The average Bonchev–Trinajstić information content (AvgIpc) is 2.47. The van der Waals surface area contributed by atoms with E-state index in [1.165, 1.54) is 18.4 Å². The van der Waals surface area contributed by atoms with Gasteiger partial charge in [0, 0.05) is 17.0 Å². The molecule has 3 rings (SSSR count). The maximum absolute atomic E-state index is 9.10. The molecule has 2 aromatic heterocycles. The number of pyridine rings is 2. The number of anilines is 1. The van der Waals surface area contributed by atoms with Crippen LogP contribution in [0.15, 0.2) is 24.4 Å². The molecule has 0 saturated carbocycles. The van der Waals surface area contributed by atoms with Crippen LogP contribution in [0.2, 0.25) is 0 Å². The van der Waals surface area contributed by atoms with Crippen molar-refractivity contribution in [3.8, 4) is 6.07 Å². The predicted molar refractivity (Wildman–Crippen MR) is 75.1 cm³/mol. The summed E-state index contributed by atoms with van der Waals surface area (Å²) in [5.74, 6) is 0.483. The summed E-state index contributed by atoms with van der Waals surface area (Å²) in [5, 5.41) is 11.0. The maximum Gasteiger partial charge on any atom is 0.141 e. The van der Waals surface area contributed by atoms with Crippen molar-refractivity contribution in [1.82, 2.24) is 9.97 Å². The second-order valence-corrected chi connectivity index (χ2v) is 4.77. The Kier molecular flexibility index (Phi) is 2.88. The standard InChI is InChI=1S/C15H14N4/c16-8-12-6-11-9-18-14(17)7-13(11)15(19-12)10-4-2-1-3-5-10/h4,6-7,9H,1-3,5H2,(H2,17,18). The summed E-state index contributed by atoms with van der Waals surface area (Å²) in [7, 11) is 0. The predicted octanol–water partition coefficient (Wildman–Crippen LogP) is 3.04. The van der Waals surface area contributed by atoms with Gasteiger partial charge in [-0.3, -0.25) is 0 Å². The first-order valence-electron chi connectivity index (χ1n) is 6.44. The smallest absolute Gasteiger partial charge is 0.141 e.